The second-order valence-corrected chi connectivity index (χ2v) is 5.51. The maximum atomic E-state index is 5.86. The maximum Gasteiger partial charge on any atom is 0.119 e. The van der Waals surface area contributed by atoms with Crippen LogP contribution < -0.4 is 14.8 Å². The summed E-state index contributed by atoms with van der Waals surface area (Å²) in [6, 6.07) is 7.82. The van der Waals surface area contributed by atoms with Crippen molar-refractivity contribution in [2.24, 2.45) is 5.41 Å². The Labute approximate surface area is 116 Å². The van der Waals surface area contributed by atoms with Crippen LogP contribution in [0.4, 0.5) is 0 Å². The van der Waals surface area contributed by atoms with Crippen LogP contribution in [-0.2, 0) is 0 Å². The smallest absolute Gasteiger partial charge is 0.119 e. The van der Waals surface area contributed by atoms with E-state index in [-0.39, 0.29) is 0 Å². The molecule has 1 fully saturated rings. The standard InChI is InChI=1S/C16H25NO2/c1-17-13-16(9-3-4-10-16)11-12-19-15-7-5-14(18-2)6-8-15/h5-8,17H,3-4,9-13H2,1-2H3. The van der Waals surface area contributed by atoms with Crippen molar-refractivity contribution in [2.75, 3.05) is 27.3 Å². The molecule has 0 aromatic heterocycles. The topological polar surface area (TPSA) is 30.5 Å². The van der Waals surface area contributed by atoms with E-state index in [1.165, 1.54) is 25.7 Å². The van der Waals surface area contributed by atoms with E-state index in [2.05, 4.69) is 5.32 Å². The van der Waals surface area contributed by atoms with Gasteiger partial charge in [-0.2, -0.15) is 0 Å². The minimum Gasteiger partial charge on any atom is -0.497 e. The van der Waals surface area contributed by atoms with E-state index in [4.69, 9.17) is 9.47 Å². The highest BCUT2D eigenvalue weighted by atomic mass is 16.5. The first-order chi connectivity index (χ1) is 9.28. The highest BCUT2D eigenvalue weighted by molar-refractivity contribution is 5.31. The third kappa shape index (κ3) is 3.87. The normalized spacial score (nSPS) is 17.4. The molecule has 0 radical (unpaired) electrons. The Morgan fingerprint density at radius 3 is 2.32 bits per heavy atom. The number of nitrogens with one attached hydrogen (secondary N) is 1. The summed E-state index contributed by atoms with van der Waals surface area (Å²) in [6.07, 6.45) is 6.54. The Hall–Kier alpha value is -1.22. The summed E-state index contributed by atoms with van der Waals surface area (Å²) in [6.45, 7) is 1.91. The Bertz CT molecular complexity index is 369. The summed E-state index contributed by atoms with van der Waals surface area (Å²) in [7, 11) is 3.72. The van der Waals surface area contributed by atoms with Crippen molar-refractivity contribution in [2.45, 2.75) is 32.1 Å². The SMILES string of the molecule is CNCC1(CCOc2ccc(OC)cc2)CCCC1. The number of ether oxygens (including phenoxy) is 2. The van der Waals surface area contributed by atoms with Gasteiger partial charge in [-0.25, -0.2) is 0 Å². The van der Waals surface area contributed by atoms with Crippen LogP contribution in [0.25, 0.3) is 0 Å². The largest absolute Gasteiger partial charge is 0.497 e. The third-order valence-electron chi connectivity index (χ3n) is 4.18. The zero-order valence-electron chi connectivity index (χ0n) is 12.1. The van der Waals surface area contributed by atoms with Crippen molar-refractivity contribution in [1.29, 1.82) is 0 Å². The molecule has 0 amide bonds. The van der Waals surface area contributed by atoms with Gasteiger partial charge < -0.3 is 14.8 Å². The first-order valence-corrected chi connectivity index (χ1v) is 7.19. The quantitative estimate of drug-likeness (QED) is 0.819. The zero-order chi connectivity index (χ0) is 13.6. The molecule has 3 heteroatoms. The third-order valence-corrected chi connectivity index (χ3v) is 4.18. The molecule has 0 spiro atoms. The van der Waals surface area contributed by atoms with E-state index >= 15 is 0 Å². The van der Waals surface area contributed by atoms with E-state index < -0.39 is 0 Å². The molecule has 1 aliphatic carbocycles. The number of benzene rings is 1. The van der Waals surface area contributed by atoms with Gasteiger partial charge in [-0.15, -0.1) is 0 Å². The lowest BCUT2D eigenvalue weighted by Crippen LogP contribution is -2.31. The minimum atomic E-state index is 0.460. The molecule has 2 rings (SSSR count). The molecular weight excluding hydrogens is 238 g/mol. The molecular formula is C16H25NO2. The molecule has 1 saturated carbocycles. The van der Waals surface area contributed by atoms with Crippen LogP contribution in [0.15, 0.2) is 24.3 Å². The van der Waals surface area contributed by atoms with Crippen LogP contribution in [0, 0.1) is 5.41 Å². The molecule has 0 aliphatic heterocycles. The van der Waals surface area contributed by atoms with E-state index in [0.29, 0.717) is 5.41 Å². The van der Waals surface area contributed by atoms with E-state index in [9.17, 15) is 0 Å². The van der Waals surface area contributed by atoms with Crippen LogP contribution in [-0.4, -0.2) is 27.3 Å². The molecule has 1 aliphatic rings. The molecule has 1 N–H and O–H groups in total. The Morgan fingerprint density at radius 1 is 1.11 bits per heavy atom. The highest BCUT2D eigenvalue weighted by Gasteiger charge is 2.32. The average molecular weight is 263 g/mol. The Balaban J connectivity index is 1.81. The summed E-state index contributed by atoms with van der Waals surface area (Å²) >= 11 is 0. The second-order valence-electron chi connectivity index (χ2n) is 5.51. The van der Waals surface area contributed by atoms with Gasteiger partial charge in [0.1, 0.15) is 11.5 Å². The Kier molecular flexibility index (Phi) is 5.08. The number of hydrogen-bond acceptors (Lipinski definition) is 3. The van der Waals surface area contributed by atoms with Gasteiger partial charge in [0.25, 0.3) is 0 Å². The first kappa shape index (κ1) is 14.2. The second kappa shape index (κ2) is 6.80. The van der Waals surface area contributed by atoms with Crippen LogP contribution in [0.5, 0.6) is 11.5 Å². The van der Waals surface area contributed by atoms with Crippen molar-refractivity contribution in [3.05, 3.63) is 24.3 Å². The minimum absolute atomic E-state index is 0.460. The van der Waals surface area contributed by atoms with Crippen molar-refractivity contribution >= 4 is 0 Å². The molecule has 3 nitrogen and oxygen atoms in total. The highest BCUT2D eigenvalue weighted by Crippen LogP contribution is 2.40. The summed E-state index contributed by atoms with van der Waals surface area (Å²) < 4.78 is 11.0. The van der Waals surface area contributed by atoms with Crippen LogP contribution >= 0.6 is 0 Å². The molecule has 106 valence electrons. The number of hydrogen-bond donors (Lipinski definition) is 1. The van der Waals surface area contributed by atoms with Gasteiger partial charge in [-0.1, -0.05) is 12.8 Å². The first-order valence-electron chi connectivity index (χ1n) is 7.19. The van der Waals surface area contributed by atoms with E-state index in [1.807, 2.05) is 31.3 Å². The predicted octanol–water partition coefficient (Wildman–Crippen LogP) is 3.24. The van der Waals surface area contributed by atoms with Gasteiger partial charge >= 0.3 is 0 Å². The Morgan fingerprint density at radius 2 is 1.74 bits per heavy atom. The molecule has 0 heterocycles. The summed E-state index contributed by atoms with van der Waals surface area (Å²) in [4.78, 5) is 0. The number of methoxy groups -OCH3 is 1. The fourth-order valence-electron chi connectivity index (χ4n) is 3.07. The molecule has 1 aromatic carbocycles. The molecule has 0 unspecified atom stereocenters. The molecule has 1 aromatic rings. The van der Waals surface area contributed by atoms with E-state index in [1.54, 1.807) is 7.11 Å². The molecule has 0 atom stereocenters. The maximum absolute atomic E-state index is 5.86. The zero-order valence-corrected chi connectivity index (χ0v) is 12.1. The lowest BCUT2D eigenvalue weighted by Gasteiger charge is -2.28. The van der Waals surface area contributed by atoms with Gasteiger partial charge in [-0.3, -0.25) is 0 Å². The van der Waals surface area contributed by atoms with Gasteiger partial charge in [0.2, 0.25) is 0 Å². The van der Waals surface area contributed by atoms with Crippen LogP contribution in [0.1, 0.15) is 32.1 Å². The lowest BCUT2D eigenvalue weighted by atomic mass is 9.83. The molecule has 0 saturated heterocycles. The fourth-order valence-corrected chi connectivity index (χ4v) is 3.07. The van der Waals surface area contributed by atoms with Crippen molar-refractivity contribution in [3.8, 4) is 11.5 Å². The van der Waals surface area contributed by atoms with Gasteiger partial charge in [0.15, 0.2) is 0 Å². The summed E-state index contributed by atoms with van der Waals surface area (Å²) in [5.41, 5.74) is 0.460. The van der Waals surface area contributed by atoms with Crippen molar-refractivity contribution in [3.63, 3.8) is 0 Å². The fraction of sp³-hybridized carbons (Fsp3) is 0.625. The molecule has 0 bridgehead atoms. The van der Waals surface area contributed by atoms with Crippen LogP contribution in [0.3, 0.4) is 0 Å². The monoisotopic (exact) mass is 263 g/mol. The predicted molar refractivity (Wildman–Crippen MR) is 77.9 cm³/mol. The molecule has 19 heavy (non-hydrogen) atoms. The van der Waals surface area contributed by atoms with E-state index in [0.717, 1.165) is 31.1 Å². The van der Waals surface area contributed by atoms with Gasteiger partial charge in [0.05, 0.1) is 13.7 Å². The van der Waals surface area contributed by atoms with Crippen molar-refractivity contribution in [1.82, 2.24) is 5.32 Å². The van der Waals surface area contributed by atoms with Gasteiger partial charge in [0, 0.05) is 6.54 Å². The van der Waals surface area contributed by atoms with Crippen molar-refractivity contribution < 1.29 is 9.47 Å². The van der Waals surface area contributed by atoms with Gasteiger partial charge in [-0.05, 0) is 56.0 Å². The lowest BCUT2D eigenvalue weighted by molar-refractivity contribution is 0.195. The van der Waals surface area contributed by atoms with Crippen LogP contribution in [0.2, 0.25) is 0 Å². The number of rotatable bonds is 7. The average Bonchev–Trinajstić information content (AvgIpc) is 2.89. The summed E-state index contributed by atoms with van der Waals surface area (Å²) in [5, 5.41) is 3.34. The summed E-state index contributed by atoms with van der Waals surface area (Å²) in [5.74, 6) is 1.80.